The summed E-state index contributed by atoms with van der Waals surface area (Å²) in [4.78, 5) is 12.5. The summed E-state index contributed by atoms with van der Waals surface area (Å²) in [5.41, 5.74) is 1.78. The SMILES string of the molecule is CC(O)CNc1ccc(Cl)cc1C(=O)c1ccccc1. The van der Waals surface area contributed by atoms with E-state index >= 15 is 0 Å². The first kappa shape index (κ1) is 14.6. The molecule has 0 aromatic heterocycles. The Hall–Kier alpha value is -1.84. The maximum Gasteiger partial charge on any atom is 0.195 e. The van der Waals surface area contributed by atoms with E-state index in [1.165, 1.54) is 0 Å². The predicted octanol–water partition coefficient (Wildman–Crippen LogP) is 3.36. The second kappa shape index (κ2) is 6.55. The number of nitrogens with one attached hydrogen (secondary N) is 1. The van der Waals surface area contributed by atoms with Crippen LogP contribution in [0, 0.1) is 0 Å². The number of aliphatic hydroxyl groups excluding tert-OH is 1. The summed E-state index contributed by atoms with van der Waals surface area (Å²) in [6, 6.07) is 14.1. The number of hydrogen-bond acceptors (Lipinski definition) is 3. The van der Waals surface area contributed by atoms with Crippen molar-refractivity contribution >= 4 is 23.1 Å². The van der Waals surface area contributed by atoms with Crippen molar-refractivity contribution in [2.45, 2.75) is 13.0 Å². The second-order valence-electron chi connectivity index (χ2n) is 4.61. The summed E-state index contributed by atoms with van der Waals surface area (Å²) < 4.78 is 0. The number of aliphatic hydroxyl groups is 1. The molecule has 2 aromatic carbocycles. The van der Waals surface area contributed by atoms with E-state index in [-0.39, 0.29) is 5.78 Å². The van der Waals surface area contributed by atoms with E-state index in [1.54, 1.807) is 37.3 Å². The van der Waals surface area contributed by atoms with Gasteiger partial charge in [-0.1, -0.05) is 41.9 Å². The molecule has 1 unspecified atom stereocenters. The highest BCUT2D eigenvalue weighted by Gasteiger charge is 2.14. The highest BCUT2D eigenvalue weighted by molar-refractivity contribution is 6.31. The number of benzene rings is 2. The molecule has 0 bridgehead atoms. The number of rotatable bonds is 5. The molecule has 4 heteroatoms. The van der Waals surface area contributed by atoms with Crippen LogP contribution in [-0.2, 0) is 0 Å². The van der Waals surface area contributed by atoms with Crippen LogP contribution in [0.3, 0.4) is 0 Å². The second-order valence-corrected chi connectivity index (χ2v) is 5.05. The van der Waals surface area contributed by atoms with Gasteiger partial charge in [0.15, 0.2) is 5.78 Å². The van der Waals surface area contributed by atoms with Gasteiger partial charge in [-0.05, 0) is 25.1 Å². The van der Waals surface area contributed by atoms with Crippen molar-refractivity contribution in [1.29, 1.82) is 0 Å². The van der Waals surface area contributed by atoms with E-state index < -0.39 is 6.10 Å². The summed E-state index contributed by atoms with van der Waals surface area (Å²) in [7, 11) is 0. The van der Waals surface area contributed by atoms with Crippen LogP contribution in [0.4, 0.5) is 5.69 Å². The normalized spacial score (nSPS) is 11.9. The lowest BCUT2D eigenvalue weighted by atomic mass is 10.0. The van der Waals surface area contributed by atoms with E-state index in [0.717, 1.165) is 0 Å². The molecule has 0 aliphatic carbocycles. The molecule has 1 atom stereocenters. The van der Waals surface area contributed by atoms with Gasteiger partial charge in [0.2, 0.25) is 0 Å². The maximum atomic E-state index is 12.5. The average molecular weight is 290 g/mol. The Morgan fingerprint density at radius 2 is 1.95 bits per heavy atom. The molecule has 0 spiro atoms. The molecule has 0 aliphatic heterocycles. The molecular formula is C16H16ClNO2. The third-order valence-corrected chi connectivity index (χ3v) is 3.09. The fraction of sp³-hybridized carbons (Fsp3) is 0.188. The van der Waals surface area contributed by atoms with E-state index in [2.05, 4.69) is 5.32 Å². The standard InChI is InChI=1S/C16H16ClNO2/c1-11(19)10-18-15-8-7-13(17)9-14(15)16(20)12-5-3-2-4-6-12/h2-9,11,18-19H,10H2,1H3. The number of halogens is 1. The van der Waals surface area contributed by atoms with Crippen LogP contribution < -0.4 is 5.32 Å². The van der Waals surface area contributed by atoms with Crippen molar-refractivity contribution < 1.29 is 9.90 Å². The van der Waals surface area contributed by atoms with E-state index in [1.807, 2.05) is 18.2 Å². The quantitative estimate of drug-likeness (QED) is 0.830. The Bertz CT molecular complexity index is 597. The van der Waals surface area contributed by atoms with Crippen LogP contribution in [0.2, 0.25) is 5.02 Å². The minimum Gasteiger partial charge on any atom is -0.392 e. The van der Waals surface area contributed by atoms with Crippen LogP contribution in [0.5, 0.6) is 0 Å². The molecule has 0 aliphatic rings. The zero-order valence-electron chi connectivity index (χ0n) is 11.1. The number of carbonyl (C=O) groups excluding carboxylic acids is 1. The monoisotopic (exact) mass is 289 g/mol. The third-order valence-electron chi connectivity index (χ3n) is 2.85. The van der Waals surface area contributed by atoms with Gasteiger partial charge in [0, 0.05) is 28.4 Å². The molecule has 0 saturated heterocycles. The third kappa shape index (κ3) is 3.59. The molecule has 0 heterocycles. The van der Waals surface area contributed by atoms with Gasteiger partial charge in [0.25, 0.3) is 0 Å². The molecule has 0 radical (unpaired) electrons. The van der Waals surface area contributed by atoms with Crippen LogP contribution in [0.15, 0.2) is 48.5 Å². The van der Waals surface area contributed by atoms with Gasteiger partial charge in [0.1, 0.15) is 0 Å². The van der Waals surface area contributed by atoms with Crippen molar-refractivity contribution in [3.05, 3.63) is 64.7 Å². The lowest BCUT2D eigenvalue weighted by Crippen LogP contribution is -2.17. The largest absolute Gasteiger partial charge is 0.392 e. The Kier molecular flexibility index (Phi) is 4.77. The Morgan fingerprint density at radius 1 is 1.25 bits per heavy atom. The highest BCUT2D eigenvalue weighted by atomic mass is 35.5. The molecule has 0 fully saturated rings. The topological polar surface area (TPSA) is 49.3 Å². The Morgan fingerprint density at radius 3 is 2.60 bits per heavy atom. The molecule has 104 valence electrons. The lowest BCUT2D eigenvalue weighted by molar-refractivity contribution is 0.103. The highest BCUT2D eigenvalue weighted by Crippen LogP contribution is 2.23. The summed E-state index contributed by atoms with van der Waals surface area (Å²) in [6.45, 7) is 2.05. The van der Waals surface area contributed by atoms with Gasteiger partial charge in [-0.15, -0.1) is 0 Å². The van der Waals surface area contributed by atoms with Crippen LogP contribution >= 0.6 is 11.6 Å². The molecule has 0 saturated carbocycles. The molecule has 2 N–H and O–H groups in total. The molecule has 20 heavy (non-hydrogen) atoms. The predicted molar refractivity (Wildman–Crippen MR) is 81.5 cm³/mol. The molecular weight excluding hydrogens is 274 g/mol. The minimum atomic E-state index is -0.495. The first-order chi connectivity index (χ1) is 9.58. The van der Waals surface area contributed by atoms with Gasteiger partial charge >= 0.3 is 0 Å². The Labute approximate surface area is 123 Å². The fourth-order valence-electron chi connectivity index (χ4n) is 1.86. The van der Waals surface area contributed by atoms with Crippen LogP contribution in [0.1, 0.15) is 22.8 Å². The fourth-order valence-corrected chi connectivity index (χ4v) is 2.03. The summed E-state index contributed by atoms with van der Waals surface area (Å²) in [6.07, 6.45) is -0.495. The van der Waals surface area contributed by atoms with Crippen LogP contribution in [-0.4, -0.2) is 23.5 Å². The van der Waals surface area contributed by atoms with Gasteiger partial charge < -0.3 is 10.4 Å². The zero-order chi connectivity index (χ0) is 14.5. The summed E-state index contributed by atoms with van der Waals surface area (Å²) in [5, 5.41) is 12.9. The average Bonchev–Trinajstić information content (AvgIpc) is 2.46. The summed E-state index contributed by atoms with van der Waals surface area (Å²) >= 11 is 5.98. The Balaban J connectivity index is 2.34. The van der Waals surface area contributed by atoms with E-state index in [0.29, 0.717) is 28.4 Å². The number of hydrogen-bond donors (Lipinski definition) is 2. The summed E-state index contributed by atoms with van der Waals surface area (Å²) in [5.74, 6) is -0.0961. The van der Waals surface area contributed by atoms with Gasteiger partial charge in [-0.2, -0.15) is 0 Å². The maximum absolute atomic E-state index is 12.5. The van der Waals surface area contributed by atoms with Crippen molar-refractivity contribution in [3.8, 4) is 0 Å². The lowest BCUT2D eigenvalue weighted by Gasteiger charge is -2.13. The first-order valence-corrected chi connectivity index (χ1v) is 6.77. The van der Waals surface area contributed by atoms with Crippen molar-refractivity contribution in [2.75, 3.05) is 11.9 Å². The van der Waals surface area contributed by atoms with Gasteiger partial charge in [0.05, 0.1) is 6.10 Å². The van der Waals surface area contributed by atoms with Crippen molar-refractivity contribution in [1.82, 2.24) is 0 Å². The van der Waals surface area contributed by atoms with Crippen molar-refractivity contribution in [3.63, 3.8) is 0 Å². The van der Waals surface area contributed by atoms with Crippen LogP contribution in [0.25, 0.3) is 0 Å². The molecule has 2 rings (SSSR count). The number of anilines is 1. The van der Waals surface area contributed by atoms with E-state index in [9.17, 15) is 9.90 Å². The van der Waals surface area contributed by atoms with E-state index in [4.69, 9.17) is 11.6 Å². The minimum absolute atomic E-state index is 0.0961. The smallest absolute Gasteiger partial charge is 0.195 e. The van der Waals surface area contributed by atoms with Crippen molar-refractivity contribution in [2.24, 2.45) is 0 Å². The first-order valence-electron chi connectivity index (χ1n) is 6.39. The van der Waals surface area contributed by atoms with Gasteiger partial charge in [-0.25, -0.2) is 0 Å². The molecule has 0 amide bonds. The molecule has 2 aromatic rings. The van der Waals surface area contributed by atoms with Gasteiger partial charge in [-0.3, -0.25) is 4.79 Å². The zero-order valence-corrected chi connectivity index (χ0v) is 11.9. The molecule has 3 nitrogen and oxygen atoms in total. The number of carbonyl (C=O) groups is 1. The number of ketones is 1.